The van der Waals surface area contributed by atoms with Crippen molar-refractivity contribution in [3.63, 3.8) is 0 Å². The number of hydrogen-bond acceptors (Lipinski definition) is 3. The Bertz CT molecular complexity index is 2600. The molecule has 0 bridgehead atoms. The Morgan fingerprint density at radius 1 is 0.686 bits per heavy atom. The molecular formula is C46H33IrN3S-2. The molecular weight excluding hydrogens is 819 g/mol. The van der Waals surface area contributed by atoms with Gasteiger partial charge in [0, 0.05) is 41.5 Å². The molecule has 249 valence electrons. The summed E-state index contributed by atoms with van der Waals surface area (Å²) in [5, 5.41) is 4.79. The van der Waals surface area contributed by atoms with Gasteiger partial charge in [-0.05, 0) is 48.3 Å². The molecule has 3 aromatic heterocycles. The molecule has 51 heavy (non-hydrogen) atoms. The Morgan fingerprint density at radius 2 is 1.37 bits per heavy atom. The summed E-state index contributed by atoms with van der Waals surface area (Å²) in [6, 6.07) is 56.7. The fourth-order valence-corrected chi connectivity index (χ4v) is 7.20. The van der Waals surface area contributed by atoms with Gasteiger partial charge >= 0.3 is 0 Å². The fraction of sp³-hybridized carbons (Fsp3) is 0.0435. The third-order valence-electron chi connectivity index (χ3n) is 8.63. The summed E-state index contributed by atoms with van der Waals surface area (Å²) in [6.45, 7) is 0.0439. The molecule has 9 rings (SSSR count). The average molecular weight is 855 g/mol. The molecule has 0 unspecified atom stereocenters. The normalized spacial score (nSPS) is 11.9. The molecule has 3 nitrogen and oxygen atoms in total. The second kappa shape index (κ2) is 15.2. The molecule has 0 spiro atoms. The molecule has 9 aromatic rings. The Labute approximate surface area is 320 Å². The van der Waals surface area contributed by atoms with Gasteiger partial charge in [-0.3, -0.25) is 16.3 Å². The zero-order valence-corrected chi connectivity index (χ0v) is 30.9. The van der Waals surface area contributed by atoms with E-state index >= 15 is 0 Å². The fourth-order valence-electron chi connectivity index (χ4n) is 6.26. The van der Waals surface area contributed by atoms with E-state index in [1.165, 1.54) is 44.1 Å². The van der Waals surface area contributed by atoms with Crippen molar-refractivity contribution >= 4 is 32.5 Å². The predicted molar refractivity (Wildman–Crippen MR) is 210 cm³/mol. The number of aromatic nitrogens is 3. The van der Waals surface area contributed by atoms with Crippen LogP contribution in [0.3, 0.4) is 0 Å². The van der Waals surface area contributed by atoms with Crippen LogP contribution >= 0.6 is 11.3 Å². The van der Waals surface area contributed by atoms with Crippen LogP contribution in [-0.4, -0.2) is 14.5 Å². The van der Waals surface area contributed by atoms with Crippen LogP contribution in [0.15, 0.2) is 164 Å². The molecule has 0 saturated heterocycles. The van der Waals surface area contributed by atoms with Gasteiger partial charge < -0.3 is 9.55 Å². The summed E-state index contributed by atoms with van der Waals surface area (Å²) in [6.07, 6.45) is 1.39. The Balaban J connectivity index is 0.000000223. The number of benzene rings is 6. The van der Waals surface area contributed by atoms with Crippen molar-refractivity contribution in [1.29, 1.82) is 0 Å². The third kappa shape index (κ3) is 6.97. The first-order chi connectivity index (χ1) is 25.8. The summed E-state index contributed by atoms with van der Waals surface area (Å²) in [5.41, 5.74) is 12.0. The quantitative estimate of drug-likeness (QED) is 0.162. The molecule has 3 heterocycles. The molecule has 0 aliphatic rings. The third-order valence-corrected chi connectivity index (χ3v) is 9.50. The number of rotatable bonds is 5. The van der Waals surface area contributed by atoms with Crippen LogP contribution in [0.1, 0.15) is 15.2 Å². The second-order valence-electron chi connectivity index (χ2n) is 12.0. The van der Waals surface area contributed by atoms with Crippen molar-refractivity contribution in [2.24, 2.45) is 0 Å². The monoisotopic (exact) mass is 855 g/mol. The molecule has 0 N–H and O–H groups in total. The van der Waals surface area contributed by atoms with Crippen LogP contribution in [0.2, 0.25) is 0 Å². The maximum Gasteiger partial charge on any atom is 0.0774 e. The van der Waals surface area contributed by atoms with Gasteiger partial charge in [0.25, 0.3) is 0 Å². The molecule has 0 saturated carbocycles. The van der Waals surface area contributed by atoms with Gasteiger partial charge in [0.15, 0.2) is 0 Å². The molecule has 0 aliphatic carbocycles. The van der Waals surface area contributed by atoms with E-state index in [2.05, 4.69) is 149 Å². The Hall–Kier alpha value is -5.45. The van der Waals surface area contributed by atoms with Crippen molar-refractivity contribution in [2.75, 3.05) is 0 Å². The van der Waals surface area contributed by atoms with Crippen LogP contribution < -0.4 is 0 Å². The van der Waals surface area contributed by atoms with E-state index in [1.807, 2.05) is 18.2 Å². The van der Waals surface area contributed by atoms with Crippen LogP contribution in [0.5, 0.6) is 0 Å². The van der Waals surface area contributed by atoms with Crippen molar-refractivity contribution in [2.45, 2.75) is 13.8 Å². The van der Waals surface area contributed by atoms with Crippen molar-refractivity contribution in [3.8, 4) is 50.6 Å². The summed E-state index contributed by atoms with van der Waals surface area (Å²) in [7, 11) is 0. The maximum absolute atomic E-state index is 7.23. The SMILES string of the molecule is Cc1ccc2c(-c3nc4ccccc4n3-c3c(-c4ccccc4)cccc3-c3ccccc3)[c-]sc2c1.[2H]C([2H])([2H])c1ccc(-c2[c-]cccc2)nc1.[Ir]. The van der Waals surface area contributed by atoms with Gasteiger partial charge in [0.05, 0.1) is 22.5 Å². The largest absolute Gasteiger partial charge is 0.332 e. The van der Waals surface area contributed by atoms with E-state index in [0.717, 1.165) is 39.4 Å². The van der Waals surface area contributed by atoms with Gasteiger partial charge in [-0.2, -0.15) is 0 Å². The van der Waals surface area contributed by atoms with E-state index in [9.17, 15) is 0 Å². The smallest absolute Gasteiger partial charge is 0.0774 e. The minimum Gasteiger partial charge on any atom is -0.332 e. The molecule has 1 radical (unpaired) electrons. The average Bonchev–Trinajstić information content (AvgIpc) is 3.79. The zero-order chi connectivity index (χ0) is 36.4. The summed E-state index contributed by atoms with van der Waals surface area (Å²) >= 11 is 1.66. The van der Waals surface area contributed by atoms with Crippen LogP contribution in [-0.2, 0) is 20.1 Å². The topological polar surface area (TPSA) is 30.7 Å². The molecule has 0 amide bonds. The first-order valence-electron chi connectivity index (χ1n) is 17.9. The van der Waals surface area contributed by atoms with Crippen LogP contribution in [0.25, 0.3) is 71.7 Å². The van der Waals surface area contributed by atoms with E-state index in [-0.39, 0.29) is 25.7 Å². The first-order valence-corrected chi connectivity index (χ1v) is 17.2. The van der Waals surface area contributed by atoms with Crippen LogP contribution in [0.4, 0.5) is 0 Å². The van der Waals surface area contributed by atoms with Gasteiger partial charge in [0.2, 0.25) is 0 Å². The Morgan fingerprint density at radius 3 is 2.04 bits per heavy atom. The number of fused-ring (bicyclic) bond motifs is 2. The van der Waals surface area contributed by atoms with E-state index in [1.54, 1.807) is 29.5 Å². The Kier molecular flexibility index (Phi) is 9.06. The number of pyridine rings is 1. The first kappa shape index (κ1) is 30.4. The standard InChI is InChI=1S/C34H23N2S.C12H10N.Ir/c1-23-19-20-28-29(22-37-32(28)21-23)34-35-30-17-8-9-18-31(30)36(34)33-26(24-11-4-2-5-12-24)15-10-16-27(33)25-13-6-3-7-14-25;1-10-7-8-12(13-9-10)11-5-3-2-4-6-11;/h2-21H,1H3;2-5,7-9H,1H3;/q2*-1;/i;1D3;. The van der Waals surface area contributed by atoms with Gasteiger partial charge in [-0.1, -0.05) is 136 Å². The predicted octanol–water partition coefficient (Wildman–Crippen LogP) is 12.2. The maximum atomic E-state index is 7.23. The number of hydrogen-bond donors (Lipinski definition) is 0. The molecule has 0 atom stereocenters. The number of para-hydroxylation sites is 3. The number of imidazole rings is 1. The van der Waals surface area contributed by atoms with E-state index in [0.29, 0.717) is 0 Å². The summed E-state index contributed by atoms with van der Waals surface area (Å²) < 4.78 is 25.3. The summed E-state index contributed by atoms with van der Waals surface area (Å²) in [5.74, 6) is 0.914. The van der Waals surface area contributed by atoms with Crippen molar-refractivity contribution < 1.29 is 24.2 Å². The van der Waals surface area contributed by atoms with Gasteiger partial charge in [-0.15, -0.1) is 47.3 Å². The minimum absolute atomic E-state index is 0. The number of thiophene rings is 1. The molecule has 0 fully saturated rings. The molecule has 0 aliphatic heterocycles. The van der Waals surface area contributed by atoms with E-state index in [4.69, 9.17) is 9.10 Å². The second-order valence-corrected chi connectivity index (χ2v) is 12.8. The summed E-state index contributed by atoms with van der Waals surface area (Å²) in [4.78, 5) is 9.34. The molecule has 5 heteroatoms. The van der Waals surface area contributed by atoms with Crippen LogP contribution in [0, 0.1) is 25.2 Å². The number of aryl methyl sites for hydroxylation is 2. The minimum atomic E-state index is -2.09. The zero-order valence-electron chi connectivity index (χ0n) is 30.7. The van der Waals surface area contributed by atoms with Gasteiger partial charge in [-0.25, -0.2) is 0 Å². The van der Waals surface area contributed by atoms with E-state index < -0.39 is 6.85 Å². The van der Waals surface area contributed by atoms with Crippen molar-refractivity contribution in [1.82, 2.24) is 14.5 Å². The molecule has 6 aromatic carbocycles. The van der Waals surface area contributed by atoms with Crippen molar-refractivity contribution in [3.05, 3.63) is 186 Å². The van der Waals surface area contributed by atoms with Gasteiger partial charge in [0.1, 0.15) is 0 Å². The number of nitrogens with zero attached hydrogens (tertiary/aromatic N) is 3.